The van der Waals surface area contributed by atoms with Gasteiger partial charge in [-0.15, -0.1) is 0 Å². The summed E-state index contributed by atoms with van der Waals surface area (Å²) in [5.74, 6) is -2.11. The van der Waals surface area contributed by atoms with Crippen molar-refractivity contribution in [2.45, 2.75) is 216 Å². The Bertz CT molecular complexity index is 1470. The van der Waals surface area contributed by atoms with Gasteiger partial charge in [-0.1, -0.05) is 64.7 Å². The third-order valence-electron chi connectivity index (χ3n) is 12.2. The Morgan fingerprint density at radius 1 is 0.723 bits per heavy atom. The zero-order chi connectivity index (χ0) is 48.2. The molecule has 2 saturated heterocycles. The normalized spacial score (nSPS) is 29.2. The lowest BCUT2D eigenvalue weighted by molar-refractivity contribution is -0.361. The molecule has 0 bridgehead atoms. The molecule has 0 radical (unpaired) electrons. The second-order valence-corrected chi connectivity index (χ2v) is 17.6. The molecule has 3 rings (SSSR count). The van der Waals surface area contributed by atoms with Crippen LogP contribution in [0.2, 0.25) is 0 Å². The molecule has 2 aliphatic rings. The number of benzene rings is 1. The number of hydrogen-bond acceptors (Lipinski definition) is 19. The number of methoxy groups -OCH3 is 1. The van der Waals surface area contributed by atoms with Crippen LogP contribution in [0.15, 0.2) is 24.3 Å². The van der Waals surface area contributed by atoms with E-state index < -0.39 is 116 Å². The standard InChI is InChI=1S/C46H79NO18/c1-7-8-14-17-31(50)18-15-12-10-9-11-13-16-19-35(52)63-43-42(65-45-40(57)39(56)36(53)28(4)60-45)41(64-44(58)26(2)27(3)49)29(5)61-46(43)62-34(38(55)37(54)33(51)25-48)24-47-30-20-22-32(59-6)23-21-30/h20-23,26-29,31,33-34,36-43,45-51,53-57H,7-19,24-25H2,1-6H3/t26-,27-,28+,29+,31+,33-,34+,36+,37-,38-,39-,40-,41+,42-,43-,45+,46+/m1/s1. The second kappa shape index (κ2) is 29.2. The second-order valence-electron chi connectivity index (χ2n) is 17.6. The number of aliphatic hydroxyl groups is 9. The molecule has 376 valence electrons. The van der Waals surface area contributed by atoms with Crippen LogP contribution >= 0.6 is 0 Å². The number of hydrogen-bond donors (Lipinski definition) is 10. The van der Waals surface area contributed by atoms with Crippen molar-refractivity contribution in [1.82, 2.24) is 0 Å². The van der Waals surface area contributed by atoms with Gasteiger partial charge in [0.2, 0.25) is 0 Å². The van der Waals surface area contributed by atoms with Crippen molar-refractivity contribution in [3.05, 3.63) is 24.3 Å². The average molecular weight is 934 g/mol. The molecule has 0 aromatic heterocycles. The van der Waals surface area contributed by atoms with E-state index in [1.54, 1.807) is 24.3 Å². The van der Waals surface area contributed by atoms with Crippen LogP contribution in [0.5, 0.6) is 5.75 Å². The Balaban J connectivity index is 1.91. The highest BCUT2D eigenvalue weighted by Gasteiger charge is 2.54. The summed E-state index contributed by atoms with van der Waals surface area (Å²) in [5, 5.41) is 97.9. The van der Waals surface area contributed by atoms with E-state index in [2.05, 4.69) is 12.2 Å². The number of ether oxygens (including phenoxy) is 7. The van der Waals surface area contributed by atoms with Gasteiger partial charge in [-0.3, -0.25) is 9.59 Å². The minimum atomic E-state index is -1.95. The molecule has 17 atom stereocenters. The van der Waals surface area contributed by atoms with Crippen molar-refractivity contribution in [3.8, 4) is 5.75 Å². The van der Waals surface area contributed by atoms with Gasteiger partial charge in [0.1, 0.15) is 54.6 Å². The molecule has 0 amide bonds. The van der Waals surface area contributed by atoms with Crippen molar-refractivity contribution in [2.24, 2.45) is 5.92 Å². The summed E-state index contributed by atoms with van der Waals surface area (Å²) in [6.45, 7) is 6.70. The van der Waals surface area contributed by atoms with Crippen LogP contribution in [0, 0.1) is 5.92 Å². The average Bonchev–Trinajstić information content (AvgIpc) is 3.29. The summed E-state index contributed by atoms with van der Waals surface area (Å²) in [4.78, 5) is 27.2. The lowest BCUT2D eigenvalue weighted by Crippen LogP contribution is -2.65. The van der Waals surface area contributed by atoms with Crippen LogP contribution in [0.1, 0.15) is 118 Å². The Morgan fingerprint density at radius 2 is 1.32 bits per heavy atom. The van der Waals surface area contributed by atoms with E-state index >= 15 is 0 Å². The molecule has 19 heteroatoms. The SMILES string of the molecule is CCCCC[C@H](O)CCCCCCCCCC(=O)O[C@H]1[C@H](O[C@@H](CNc2ccc(OC)cc2)[C@@H](O)[C@H](O)[C@H](O)CO)O[C@@H](C)[C@H](OC(=O)[C@H](C)[C@@H](C)O)[C@H]1O[C@@H]1O[C@@H](C)[C@H](O)[C@@H](O)[C@H]1O. The molecule has 0 saturated carbocycles. The molecule has 0 spiro atoms. The van der Waals surface area contributed by atoms with E-state index in [1.807, 2.05) is 0 Å². The first-order valence-corrected chi connectivity index (χ1v) is 23.4. The Labute approximate surface area is 383 Å². The first kappa shape index (κ1) is 56.6. The van der Waals surface area contributed by atoms with Gasteiger partial charge >= 0.3 is 11.9 Å². The highest BCUT2D eigenvalue weighted by molar-refractivity contribution is 5.73. The van der Waals surface area contributed by atoms with E-state index in [9.17, 15) is 55.5 Å². The molecule has 1 aromatic rings. The van der Waals surface area contributed by atoms with Crippen molar-refractivity contribution in [1.29, 1.82) is 0 Å². The maximum atomic E-state index is 13.8. The quantitative estimate of drug-likeness (QED) is 0.0389. The summed E-state index contributed by atoms with van der Waals surface area (Å²) in [6.07, 6.45) is -13.3. The van der Waals surface area contributed by atoms with Gasteiger partial charge in [0, 0.05) is 18.7 Å². The Morgan fingerprint density at radius 3 is 1.92 bits per heavy atom. The highest BCUT2D eigenvalue weighted by Crippen LogP contribution is 2.34. The predicted octanol–water partition coefficient (Wildman–Crippen LogP) is 1.82. The topological polar surface area (TPSA) is 293 Å². The first-order chi connectivity index (χ1) is 30.9. The van der Waals surface area contributed by atoms with Gasteiger partial charge in [0.05, 0.1) is 44.1 Å². The number of nitrogens with one attached hydrogen (secondary N) is 1. The number of aliphatic hydroxyl groups excluding tert-OH is 9. The van der Waals surface area contributed by atoms with Gasteiger partial charge in [0.25, 0.3) is 0 Å². The van der Waals surface area contributed by atoms with Crippen LogP contribution < -0.4 is 10.1 Å². The number of unbranched alkanes of at least 4 members (excludes halogenated alkanes) is 8. The number of anilines is 1. The van der Waals surface area contributed by atoms with Crippen molar-refractivity contribution < 1.29 is 88.7 Å². The Kier molecular flexibility index (Phi) is 25.4. The van der Waals surface area contributed by atoms with E-state index in [1.165, 1.54) is 34.8 Å². The van der Waals surface area contributed by atoms with Gasteiger partial charge in [-0.05, 0) is 71.2 Å². The number of carbonyl (C=O) groups excluding carboxylic acids is 2. The maximum Gasteiger partial charge on any atom is 0.311 e. The van der Waals surface area contributed by atoms with Crippen LogP contribution in [-0.4, -0.2) is 176 Å². The lowest BCUT2D eigenvalue weighted by Gasteiger charge is -2.48. The molecular formula is C46H79NO18. The number of rotatable bonds is 30. The summed E-state index contributed by atoms with van der Waals surface area (Å²) < 4.78 is 41.8. The predicted molar refractivity (Wildman–Crippen MR) is 235 cm³/mol. The van der Waals surface area contributed by atoms with Crippen molar-refractivity contribution in [2.75, 3.05) is 25.6 Å². The maximum absolute atomic E-state index is 13.8. The summed E-state index contributed by atoms with van der Waals surface area (Å²) in [7, 11) is 1.50. The van der Waals surface area contributed by atoms with Crippen molar-refractivity contribution >= 4 is 17.6 Å². The van der Waals surface area contributed by atoms with Crippen LogP contribution in [0.25, 0.3) is 0 Å². The lowest BCUT2D eigenvalue weighted by atomic mass is 9.96. The molecule has 2 heterocycles. The van der Waals surface area contributed by atoms with E-state index in [4.69, 9.17) is 33.2 Å². The minimum absolute atomic E-state index is 0.0735. The number of esters is 2. The monoisotopic (exact) mass is 934 g/mol. The molecule has 0 unspecified atom stereocenters. The molecule has 1 aromatic carbocycles. The van der Waals surface area contributed by atoms with E-state index in [-0.39, 0.29) is 19.1 Å². The third-order valence-corrected chi connectivity index (χ3v) is 12.2. The number of carbonyl (C=O) groups is 2. The van der Waals surface area contributed by atoms with Gasteiger partial charge in [0.15, 0.2) is 24.8 Å². The van der Waals surface area contributed by atoms with Crippen LogP contribution in [0.4, 0.5) is 5.69 Å². The van der Waals surface area contributed by atoms with E-state index in [0.29, 0.717) is 24.3 Å². The molecule has 2 aliphatic heterocycles. The van der Waals surface area contributed by atoms with Crippen LogP contribution in [-0.2, 0) is 38.0 Å². The van der Waals surface area contributed by atoms with Gasteiger partial charge in [-0.25, -0.2) is 0 Å². The zero-order valence-corrected chi connectivity index (χ0v) is 38.9. The fraction of sp³-hybridized carbons (Fsp3) is 0.826. The van der Waals surface area contributed by atoms with Crippen LogP contribution in [0.3, 0.4) is 0 Å². The zero-order valence-electron chi connectivity index (χ0n) is 38.9. The largest absolute Gasteiger partial charge is 0.497 e. The molecule has 19 nitrogen and oxygen atoms in total. The highest BCUT2D eigenvalue weighted by atomic mass is 16.8. The fourth-order valence-corrected chi connectivity index (χ4v) is 7.67. The third kappa shape index (κ3) is 18.0. The molecular weight excluding hydrogens is 854 g/mol. The van der Waals surface area contributed by atoms with E-state index in [0.717, 1.165) is 64.2 Å². The molecule has 65 heavy (non-hydrogen) atoms. The van der Waals surface area contributed by atoms with Crippen molar-refractivity contribution in [3.63, 3.8) is 0 Å². The fourth-order valence-electron chi connectivity index (χ4n) is 7.67. The molecule has 2 fully saturated rings. The minimum Gasteiger partial charge on any atom is -0.497 e. The summed E-state index contributed by atoms with van der Waals surface area (Å²) >= 11 is 0. The molecule has 10 N–H and O–H groups in total. The van der Waals surface area contributed by atoms with Gasteiger partial charge < -0.3 is 84.4 Å². The first-order valence-electron chi connectivity index (χ1n) is 23.4. The summed E-state index contributed by atoms with van der Waals surface area (Å²) in [5.41, 5.74) is 0.528. The smallest absolute Gasteiger partial charge is 0.311 e. The summed E-state index contributed by atoms with van der Waals surface area (Å²) in [6, 6.07) is 6.69. The van der Waals surface area contributed by atoms with Gasteiger partial charge in [-0.2, -0.15) is 0 Å². The Hall–Kier alpha value is -2.76. The molecule has 0 aliphatic carbocycles.